The average Bonchev–Trinajstić information content (AvgIpc) is 3.18. The van der Waals surface area contributed by atoms with E-state index in [1.165, 1.54) is 0 Å². The van der Waals surface area contributed by atoms with E-state index in [9.17, 15) is 4.79 Å². The lowest BCUT2D eigenvalue weighted by atomic mass is 9.98. The van der Waals surface area contributed by atoms with Gasteiger partial charge in [-0.05, 0) is 29.7 Å². The van der Waals surface area contributed by atoms with Crippen LogP contribution in [0, 0.1) is 0 Å². The lowest BCUT2D eigenvalue weighted by Crippen LogP contribution is -2.26. The Bertz CT molecular complexity index is 836. The van der Waals surface area contributed by atoms with E-state index in [1.54, 1.807) is 0 Å². The van der Waals surface area contributed by atoms with E-state index in [-0.39, 0.29) is 19.6 Å². The predicted octanol–water partition coefficient (Wildman–Crippen LogP) is 2.11. The summed E-state index contributed by atoms with van der Waals surface area (Å²) in [6.07, 6.45) is 0.384. The number of rotatable bonds is 8. The highest BCUT2D eigenvalue weighted by Crippen LogP contribution is 2.35. The van der Waals surface area contributed by atoms with Gasteiger partial charge in [0.25, 0.3) is 0 Å². The second-order valence-electron chi connectivity index (χ2n) is 6.12. The van der Waals surface area contributed by atoms with Crippen molar-refractivity contribution in [1.82, 2.24) is 5.32 Å². The molecule has 0 saturated heterocycles. The highest BCUT2D eigenvalue weighted by molar-refractivity contribution is 5.95. The molecule has 7 nitrogen and oxygen atoms in total. The van der Waals surface area contributed by atoms with Gasteiger partial charge in [-0.15, -0.1) is 0 Å². The van der Waals surface area contributed by atoms with Gasteiger partial charge in [-0.1, -0.05) is 30.3 Å². The Kier molecular flexibility index (Phi) is 6.27. The number of aliphatic carboxylic acids is 1. The summed E-state index contributed by atoms with van der Waals surface area (Å²) in [5.74, 6) is 0.505. The molecular formula is C20H23N3O4. The lowest BCUT2D eigenvalue weighted by molar-refractivity contribution is -0.136. The van der Waals surface area contributed by atoms with Crippen LogP contribution in [0.3, 0.4) is 0 Å². The fourth-order valence-electron chi connectivity index (χ4n) is 2.95. The van der Waals surface area contributed by atoms with Gasteiger partial charge in [0.05, 0.1) is 13.2 Å². The maximum atomic E-state index is 11.0. The molecule has 0 aromatic heterocycles. The Morgan fingerprint density at radius 1 is 1.26 bits per heavy atom. The number of nitrogens with zero attached hydrogens (tertiary/aromatic N) is 1. The van der Waals surface area contributed by atoms with Gasteiger partial charge >= 0.3 is 5.97 Å². The van der Waals surface area contributed by atoms with Crippen molar-refractivity contribution in [2.45, 2.75) is 12.8 Å². The third-order valence-electron chi connectivity index (χ3n) is 4.15. The summed E-state index contributed by atoms with van der Waals surface area (Å²) in [5.41, 5.74) is 3.49. The molecule has 7 heteroatoms. The molecule has 4 N–H and O–H groups in total. The summed E-state index contributed by atoms with van der Waals surface area (Å²) in [4.78, 5) is 15.3. The molecule has 0 fully saturated rings. The monoisotopic (exact) mass is 369 g/mol. The van der Waals surface area contributed by atoms with Gasteiger partial charge in [-0.2, -0.15) is 0 Å². The second-order valence-corrected chi connectivity index (χ2v) is 6.12. The van der Waals surface area contributed by atoms with Crippen LogP contribution in [0.4, 0.5) is 5.69 Å². The van der Waals surface area contributed by atoms with Crippen LogP contribution >= 0.6 is 0 Å². The van der Waals surface area contributed by atoms with E-state index in [4.69, 9.17) is 14.9 Å². The number of carboxylic acid groups (broad SMARTS) is 1. The van der Waals surface area contributed by atoms with Crippen LogP contribution in [-0.4, -0.2) is 48.4 Å². The van der Waals surface area contributed by atoms with Gasteiger partial charge in [0.15, 0.2) is 5.96 Å². The van der Waals surface area contributed by atoms with Crippen LogP contribution in [0.25, 0.3) is 11.1 Å². The number of carbonyl (C=O) groups is 1. The van der Waals surface area contributed by atoms with Crippen molar-refractivity contribution in [1.29, 1.82) is 0 Å². The number of aliphatic imine (C=N–C) groups is 1. The topological polar surface area (TPSA) is 103 Å². The van der Waals surface area contributed by atoms with Crippen molar-refractivity contribution in [2.75, 3.05) is 31.6 Å². The average molecular weight is 369 g/mol. The highest BCUT2D eigenvalue weighted by Gasteiger charge is 2.14. The Hall–Kier alpha value is -3.06. The summed E-state index contributed by atoms with van der Waals surface area (Å²) < 4.78 is 5.78. The molecule has 1 aliphatic heterocycles. The van der Waals surface area contributed by atoms with Crippen molar-refractivity contribution in [3.63, 3.8) is 0 Å². The normalized spacial score (nSPS) is 13.0. The first kappa shape index (κ1) is 18.7. The fraction of sp³-hybridized carbons (Fsp3) is 0.300. The van der Waals surface area contributed by atoms with Crippen molar-refractivity contribution < 1.29 is 19.7 Å². The molecule has 0 radical (unpaired) electrons. The summed E-state index contributed by atoms with van der Waals surface area (Å²) in [6, 6.07) is 13.5. The van der Waals surface area contributed by atoms with E-state index in [0.29, 0.717) is 12.2 Å². The van der Waals surface area contributed by atoms with Crippen LogP contribution in [0.2, 0.25) is 0 Å². The number of para-hydroxylation sites is 1. The number of guanidine groups is 1. The smallest absolute Gasteiger partial charge is 0.303 e. The lowest BCUT2D eigenvalue weighted by Gasteiger charge is -2.16. The Balaban J connectivity index is 1.92. The molecule has 0 unspecified atom stereocenters. The number of carboxylic acids is 1. The highest BCUT2D eigenvalue weighted by atomic mass is 16.5. The van der Waals surface area contributed by atoms with Gasteiger partial charge in [0.2, 0.25) is 0 Å². The largest absolute Gasteiger partial charge is 0.490 e. The van der Waals surface area contributed by atoms with Gasteiger partial charge in [-0.3, -0.25) is 9.79 Å². The van der Waals surface area contributed by atoms with Crippen LogP contribution in [0.1, 0.15) is 12.0 Å². The molecule has 1 heterocycles. The number of hydrogen-bond acceptors (Lipinski definition) is 6. The molecule has 0 spiro atoms. The van der Waals surface area contributed by atoms with Gasteiger partial charge in [0.1, 0.15) is 12.4 Å². The third-order valence-corrected chi connectivity index (χ3v) is 4.15. The first-order chi connectivity index (χ1) is 13.2. The second kappa shape index (κ2) is 9.05. The zero-order valence-electron chi connectivity index (χ0n) is 14.9. The standard InChI is InChI=1S/C20H23N3O4/c24-11-12-27-19-14(7-8-18(25)26)3-2-6-17(19)15-4-1-5-16(13-15)23-20-21-9-10-22-20/h1-6,13,24H,7-12H2,(H,25,26)(H2,21,22,23). The molecule has 0 bridgehead atoms. The Labute approximate surface area is 157 Å². The van der Waals surface area contributed by atoms with Gasteiger partial charge < -0.3 is 25.6 Å². The Morgan fingerprint density at radius 2 is 2.11 bits per heavy atom. The van der Waals surface area contributed by atoms with E-state index in [1.807, 2.05) is 42.5 Å². The Morgan fingerprint density at radius 3 is 2.85 bits per heavy atom. The first-order valence-electron chi connectivity index (χ1n) is 8.90. The van der Waals surface area contributed by atoms with E-state index in [2.05, 4.69) is 15.6 Å². The molecule has 2 aromatic rings. The summed E-state index contributed by atoms with van der Waals surface area (Å²) in [5, 5.41) is 24.6. The number of hydrogen-bond donors (Lipinski definition) is 4. The number of nitrogens with one attached hydrogen (secondary N) is 2. The van der Waals surface area contributed by atoms with Crippen LogP contribution in [-0.2, 0) is 11.2 Å². The third kappa shape index (κ3) is 4.98. The summed E-state index contributed by atoms with van der Waals surface area (Å²) in [7, 11) is 0. The van der Waals surface area contributed by atoms with E-state index < -0.39 is 5.97 Å². The molecule has 1 aliphatic rings. The minimum absolute atomic E-state index is 0.0199. The van der Waals surface area contributed by atoms with Crippen molar-refractivity contribution in [3.05, 3.63) is 48.0 Å². The van der Waals surface area contributed by atoms with Gasteiger partial charge in [0, 0.05) is 24.2 Å². The van der Waals surface area contributed by atoms with Crippen LogP contribution in [0.15, 0.2) is 47.5 Å². The van der Waals surface area contributed by atoms with Crippen molar-refractivity contribution in [2.24, 2.45) is 4.99 Å². The minimum Gasteiger partial charge on any atom is -0.490 e. The molecular weight excluding hydrogens is 346 g/mol. The molecule has 3 rings (SSSR count). The van der Waals surface area contributed by atoms with E-state index >= 15 is 0 Å². The van der Waals surface area contributed by atoms with Crippen LogP contribution < -0.4 is 15.4 Å². The quantitative estimate of drug-likeness (QED) is 0.568. The molecule has 0 aliphatic carbocycles. The predicted molar refractivity (Wildman–Crippen MR) is 104 cm³/mol. The van der Waals surface area contributed by atoms with E-state index in [0.717, 1.165) is 41.4 Å². The number of aliphatic hydroxyl groups excluding tert-OH is 1. The molecule has 0 saturated carbocycles. The fourth-order valence-corrected chi connectivity index (χ4v) is 2.95. The number of benzene rings is 2. The van der Waals surface area contributed by atoms with Gasteiger partial charge in [-0.25, -0.2) is 0 Å². The number of aryl methyl sites for hydroxylation is 1. The number of aliphatic hydroxyl groups is 1. The number of anilines is 1. The SMILES string of the molecule is O=C(O)CCc1cccc(-c2cccc(NC3=NCCN3)c2)c1OCCO. The molecule has 142 valence electrons. The first-order valence-corrected chi connectivity index (χ1v) is 8.90. The molecule has 27 heavy (non-hydrogen) atoms. The van der Waals surface area contributed by atoms with Crippen LogP contribution in [0.5, 0.6) is 5.75 Å². The number of ether oxygens (including phenoxy) is 1. The zero-order chi connectivity index (χ0) is 19.1. The molecule has 0 atom stereocenters. The maximum Gasteiger partial charge on any atom is 0.303 e. The van der Waals surface area contributed by atoms with Crippen molar-refractivity contribution >= 4 is 17.6 Å². The summed E-state index contributed by atoms with van der Waals surface area (Å²) in [6.45, 7) is 1.62. The minimum atomic E-state index is -0.857. The zero-order valence-corrected chi connectivity index (χ0v) is 14.9. The summed E-state index contributed by atoms with van der Waals surface area (Å²) >= 11 is 0. The molecule has 0 amide bonds. The molecule has 2 aromatic carbocycles. The maximum absolute atomic E-state index is 11.0. The van der Waals surface area contributed by atoms with Crippen molar-refractivity contribution in [3.8, 4) is 16.9 Å².